The maximum Gasteiger partial charge on any atom is 0.252 e. The third-order valence-corrected chi connectivity index (χ3v) is 5.90. The summed E-state index contributed by atoms with van der Waals surface area (Å²) in [6, 6.07) is 7.84. The van der Waals surface area contributed by atoms with Crippen LogP contribution in [0.15, 0.2) is 29.1 Å². The summed E-state index contributed by atoms with van der Waals surface area (Å²) in [5, 5.41) is 23.2. The smallest absolute Gasteiger partial charge is 0.252 e. The van der Waals surface area contributed by atoms with Gasteiger partial charge in [0.15, 0.2) is 5.82 Å². The van der Waals surface area contributed by atoms with E-state index in [2.05, 4.69) is 53.1 Å². The molecule has 3 aromatic rings. The molecule has 0 fully saturated rings. The fourth-order valence-corrected chi connectivity index (χ4v) is 3.76. The number of aromatic amines is 1. The molecule has 0 aliphatic rings. The molecular weight excluding hydrogens is 380 g/mol. The van der Waals surface area contributed by atoms with Gasteiger partial charge in [0.2, 0.25) is 0 Å². The van der Waals surface area contributed by atoms with Gasteiger partial charge in [0.25, 0.3) is 5.56 Å². The maximum absolute atomic E-state index is 12.8. The number of fused-ring (bicyclic) bond motifs is 1. The van der Waals surface area contributed by atoms with Gasteiger partial charge in [-0.2, -0.15) is 0 Å². The third-order valence-electron chi connectivity index (χ3n) is 5.90. The highest BCUT2D eigenvalue weighted by Crippen LogP contribution is 2.28. The van der Waals surface area contributed by atoms with Gasteiger partial charge in [-0.1, -0.05) is 26.0 Å². The quantitative estimate of drug-likeness (QED) is 0.561. The van der Waals surface area contributed by atoms with Crippen LogP contribution in [-0.2, 0) is 12.1 Å². The van der Waals surface area contributed by atoms with Crippen LogP contribution >= 0.6 is 0 Å². The molecule has 1 aromatic carbocycles. The van der Waals surface area contributed by atoms with E-state index >= 15 is 0 Å². The molecule has 1 atom stereocenters. The molecule has 0 saturated heterocycles. The summed E-state index contributed by atoms with van der Waals surface area (Å²) in [5.74, 6) is 0.755. The average molecular weight is 413 g/mol. The van der Waals surface area contributed by atoms with Gasteiger partial charge in [0.1, 0.15) is 0 Å². The first-order valence-corrected chi connectivity index (χ1v) is 10.6. The van der Waals surface area contributed by atoms with E-state index in [0.29, 0.717) is 18.7 Å². The van der Waals surface area contributed by atoms with Crippen LogP contribution in [0.4, 0.5) is 0 Å². The second-order valence-electron chi connectivity index (χ2n) is 8.45. The molecule has 0 aliphatic carbocycles. The summed E-state index contributed by atoms with van der Waals surface area (Å²) in [5.41, 5.74) is 2.25. The fraction of sp³-hybridized carbons (Fsp3) is 0.545. The Hall–Kier alpha value is -2.58. The number of H-pyrrole nitrogens is 1. The number of pyridine rings is 1. The summed E-state index contributed by atoms with van der Waals surface area (Å²) in [7, 11) is 0. The molecule has 2 heterocycles. The van der Waals surface area contributed by atoms with Crippen molar-refractivity contribution >= 4 is 10.9 Å². The second kappa shape index (κ2) is 9.06. The summed E-state index contributed by atoms with van der Waals surface area (Å²) in [4.78, 5) is 17.8. The van der Waals surface area contributed by atoms with Crippen molar-refractivity contribution in [3.63, 3.8) is 0 Å². The highest BCUT2D eigenvalue weighted by molar-refractivity contribution is 5.79. The second-order valence-corrected chi connectivity index (χ2v) is 8.45. The topological polar surface area (TPSA) is 99.9 Å². The van der Waals surface area contributed by atoms with Crippen molar-refractivity contribution < 1.29 is 5.11 Å². The Kier molecular flexibility index (Phi) is 6.67. The summed E-state index contributed by atoms with van der Waals surface area (Å²) in [6.07, 6.45) is 1.64. The molecule has 1 unspecified atom stereocenters. The largest absolute Gasteiger partial charge is 0.395 e. The highest BCUT2D eigenvalue weighted by atomic mass is 16.3. The monoisotopic (exact) mass is 412 g/mol. The van der Waals surface area contributed by atoms with Crippen molar-refractivity contribution in [1.82, 2.24) is 30.1 Å². The first kappa shape index (κ1) is 22.1. The number of nitrogens with zero attached hydrogens (tertiary/aromatic N) is 5. The van der Waals surface area contributed by atoms with Crippen molar-refractivity contribution in [1.29, 1.82) is 0 Å². The van der Waals surface area contributed by atoms with Gasteiger partial charge in [-0.15, -0.1) is 5.10 Å². The number of aryl methyl sites for hydroxylation is 1. The molecular formula is C22H32N6O2. The third kappa shape index (κ3) is 4.44. The van der Waals surface area contributed by atoms with Crippen LogP contribution in [0.1, 0.15) is 63.5 Å². The van der Waals surface area contributed by atoms with Crippen molar-refractivity contribution in [3.8, 4) is 0 Å². The molecule has 162 valence electrons. The Bertz CT molecular complexity index is 1060. The standard InChI is InChI=1S/C22H32N6O2/c1-6-19(20-24-25-26-28(20)22(4,5)7-2)27(10-11-29)14-17-13-16-9-8-15(3)12-18(16)23-21(17)30/h8-9,12-13,19,29H,6-7,10-11,14H2,1-5H3,(H,23,30). The van der Waals surface area contributed by atoms with Crippen molar-refractivity contribution in [2.45, 2.75) is 65.6 Å². The van der Waals surface area contributed by atoms with Crippen LogP contribution in [0, 0.1) is 6.92 Å². The van der Waals surface area contributed by atoms with Crippen molar-refractivity contribution in [3.05, 3.63) is 51.6 Å². The molecule has 0 amide bonds. The Morgan fingerprint density at radius 3 is 2.70 bits per heavy atom. The molecule has 0 radical (unpaired) electrons. The Labute approximate surface area is 176 Å². The van der Waals surface area contributed by atoms with E-state index < -0.39 is 0 Å². The number of aromatic nitrogens is 5. The number of benzene rings is 1. The number of nitrogens with one attached hydrogen (secondary N) is 1. The minimum atomic E-state index is -0.227. The summed E-state index contributed by atoms with van der Waals surface area (Å²) >= 11 is 0. The lowest BCUT2D eigenvalue weighted by molar-refractivity contribution is 0.125. The summed E-state index contributed by atoms with van der Waals surface area (Å²) in [6.45, 7) is 11.2. The molecule has 8 heteroatoms. The predicted octanol–water partition coefficient (Wildman–Crippen LogP) is 2.91. The molecule has 3 rings (SSSR count). The molecule has 0 aliphatic heterocycles. The lowest BCUT2D eigenvalue weighted by atomic mass is 10.0. The van der Waals surface area contributed by atoms with Crippen LogP contribution in [0.2, 0.25) is 0 Å². The van der Waals surface area contributed by atoms with Crippen LogP contribution in [0.5, 0.6) is 0 Å². The van der Waals surface area contributed by atoms with Crippen molar-refractivity contribution in [2.24, 2.45) is 0 Å². The van der Waals surface area contributed by atoms with Gasteiger partial charge in [-0.3, -0.25) is 9.69 Å². The molecule has 8 nitrogen and oxygen atoms in total. The molecule has 0 spiro atoms. The normalized spacial score (nSPS) is 13.3. The molecule has 0 bridgehead atoms. The van der Waals surface area contributed by atoms with Gasteiger partial charge in [-0.25, -0.2) is 4.68 Å². The van der Waals surface area contributed by atoms with Crippen molar-refractivity contribution in [2.75, 3.05) is 13.2 Å². The first-order chi connectivity index (χ1) is 14.3. The number of hydrogen-bond acceptors (Lipinski definition) is 6. The number of hydrogen-bond donors (Lipinski definition) is 2. The van der Waals surface area contributed by atoms with E-state index in [1.807, 2.05) is 35.9 Å². The Balaban J connectivity index is 1.99. The Morgan fingerprint density at radius 2 is 2.03 bits per heavy atom. The first-order valence-electron chi connectivity index (χ1n) is 10.6. The van der Waals surface area contributed by atoms with E-state index in [9.17, 15) is 9.90 Å². The number of tetrazole rings is 1. The SMILES string of the molecule is CCC(c1nnnn1C(C)(C)CC)N(CCO)Cc1cc2ccc(C)cc2[nH]c1=O. The van der Waals surface area contributed by atoms with Gasteiger partial charge in [0, 0.05) is 24.2 Å². The average Bonchev–Trinajstić information content (AvgIpc) is 3.20. The number of rotatable bonds is 9. The number of aliphatic hydroxyl groups excluding tert-OH is 1. The van der Waals surface area contributed by atoms with E-state index in [-0.39, 0.29) is 23.7 Å². The van der Waals surface area contributed by atoms with Crippen LogP contribution in [-0.4, -0.2) is 48.3 Å². The lowest BCUT2D eigenvalue weighted by Gasteiger charge is -2.32. The zero-order valence-electron chi connectivity index (χ0n) is 18.5. The molecule has 0 saturated carbocycles. The zero-order valence-corrected chi connectivity index (χ0v) is 18.5. The number of aliphatic hydroxyl groups is 1. The zero-order chi connectivity index (χ0) is 21.9. The molecule has 2 aromatic heterocycles. The van der Waals surface area contributed by atoms with Gasteiger partial charge in [0.05, 0.1) is 18.2 Å². The van der Waals surface area contributed by atoms with E-state index in [4.69, 9.17) is 0 Å². The predicted molar refractivity (Wildman–Crippen MR) is 117 cm³/mol. The van der Waals surface area contributed by atoms with E-state index in [1.54, 1.807) is 0 Å². The summed E-state index contributed by atoms with van der Waals surface area (Å²) < 4.78 is 1.87. The minimum absolute atomic E-state index is 0.0140. The highest BCUT2D eigenvalue weighted by Gasteiger charge is 2.30. The minimum Gasteiger partial charge on any atom is -0.395 e. The van der Waals surface area contributed by atoms with Crippen LogP contribution in [0.3, 0.4) is 0 Å². The molecule has 2 N–H and O–H groups in total. The van der Waals surface area contributed by atoms with Gasteiger partial charge < -0.3 is 10.1 Å². The Morgan fingerprint density at radius 1 is 1.27 bits per heavy atom. The van der Waals surface area contributed by atoms with Gasteiger partial charge in [-0.05, 0) is 67.1 Å². The maximum atomic E-state index is 12.8. The van der Waals surface area contributed by atoms with Crippen LogP contribution < -0.4 is 5.56 Å². The van der Waals surface area contributed by atoms with Gasteiger partial charge >= 0.3 is 0 Å². The molecule has 30 heavy (non-hydrogen) atoms. The lowest BCUT2D eigenvalue weighted by Crippen LogP contribution is -2.37. The fourth-order valence-electron chi connectivity index (χ4n) is 3.76. The van der Waals surface area contributed by atoms with Crippen LogP contribution in [0.25, 0.3) is 10.9 Å². The van der Waals surface area contributed by atoms with E-state index in [1.165, 1.54) is 0 Å². The van der Waals surface area contributed by atoms with E-state index in [0.717, 1.165) is 35.1 Å².